The highest BCUT2D eigenvalue weighted by atomic mass is 16.2. The first kappa shape index (κ1) is 19.9. The minimum Gasteiger partial charge on any atom is -0.372 e. The second-order valence-electron chi connectivity index (χ2n) is 7.42. The van der Waals surface area contributed by atoms with Crippen LogP contribution in [0.15, 0.2) is 42.5 Å². The van der Waals surface area contributed by atoms with Crippen LogP contribution in [0.2, 0.25) is 0 Å². The van der Waals surface area contributed by atoms with Crippen LogP contribution in [0.5, 0.6) is 0 Å². The number of hydrogen-bond acceptors (Lipinski definition) is 3. The Morgan fingerprint density at radius 3 is 2.36 bits per heavy atom. The third-order valence-corrected chi connectivity index (χ3v) is 5.42. The molecule has 2 amide bonds. The molecule has 5 heteroatoms. The SMILES string of the molecule is Cc1cccc(NC(=O)C(=O)NCCc2ccc(N3CCCCC3)cc2)c1C. The van der Waals surface area contributed by atoms with Crippen molar-refractivity contribution in [1.29, 1.82) is 0 Å². The Morgan fingerprint density at radius 2 is 1.64 bits per heavy atom. The Hall–Kier alpha value is -2.82. The number of anilines is 2. The summed E-state index contributed by atoms with van der Waals surface area (Å²) >= 11 is 0. The summed E-state index contributed by atoms with van der Waals surface area (Å²) in [6, 6.07) is 14.1. The van der Waals surface area contributed by atoms with Gasteiger partial charge in [0.15, 0.2) is 0 Å². The molecule has 5 nitrogen and oxygen atoms in total. The molecular weight excluding hydrogens is 350 g/mol. The number of nitrogens with zero attached hydrogens (tertiary/aromatic N) is 1. The van der Waals surface area contributed by atoms with Gasteiger partial charge in [-0.2, -0.15) is 0 Å². The first-order valence-electron chi connectivity index (χ1n) is 10.0. The van der Waals surface area contributed by atoms with E-state index in [0.717, 1.165) is 29.8 Å². The van der Waals surface area contributed by atoms with Crippen molar-refractivity contribution in [1.82, 2.24) is 5.32 Å². The number of benzene rings is 2. The van der Waals surface area contributed by atoms with Gasteiger partial charge < -0.3 is 15.5 Å². The normalized spacial score (nSPS) is 13.9. The summed E-state index contributed by atoms with van der Waals surface area (Å²) in [6.45, 7) is 6.59. The zero-order valence-corrected chi connectivity index (χ0v) is 16.8. The lowest BCUT2D eigenvalue weighted by molar-refractivity contribution is -0.136. The number of aryl methyl sites for hydroxylation is 1. The first-order chi connectivity index (χ1) is 13.5. The van der Waals surface area contributed by atoms with Gasteiger partial charge in [-0.1, -0.05) is 24.3 Å². The fourth-order valence-electron chi connectivity index (χ4n) is 3.49. The molecule has 0 unspecified atom stereocenters. The molecule has 0 atom stereocenters. The van der Waals surface area contributed by atoms with Crippen LogP contribution in [0.3, 0.4) is 0 Å². The van der Waals surface area contributed by atoms with Crippen LogP contribution >= 0.6 is 0 Å². The lowest BCUT2D eigenvalue weighted by Crippen LogP contribution is -2.36. The Bertz CT molecular complexity index is 824. The van der Waals surface area contributed by atoms with E-state index in [9.17, 15) is 9.59 Å². The van der Waals surface area contributed by atoms with Crippen LogP contribution in [0.1, 0.15) is 36.0 Å². The Morgan fingerprint density at radius 1 is 0.929 bits per heavy atom. The molecule has 0 bridgehead atoms. The molecule has 2 N–H and O–H groups in total. The van der Waals surface area contributed by atoms with Gasteiger partial charge in [0.2, 0.25) is 0 Å². The van der Waals surface area contributed by atoms with Crippen molar-refractivity contribution in [3.05, 3.63) is 59.2 Å². The topological polar surface area (TPSA) is 61.4 Å². The maximum atomic E-state index is 12.1. The van der Waals surface area contributed by atoms with Crippen molar-refractivity contribution in [3.8, 4) is 0 Å². The molecule has 0 aliphatic carbocycles. The molecule has 0 radical (unpaired) electrons. The van der Waals surface area contributed by atoms with E-state index in [4.69, 9.17) is 0 Å². The highest BCUT2D eigenvalue weighted by Gasteiger charge is 2.15. The smallest absolute Gasteiger partial charge is 0.313 e. The lowest BCUT2D eigenvalue weighted by atomic mass is 10.1. The van der Waals surface area contributed by atoms with Gasteiger partial charge in [-0.25, -0.2) is 0 Å². The molecule has 0 saturated carbocycles. The second-order valence-corrected chi connectivity index (χ2v) is 7.42. The number of hydrogen-bond donors (Lipinski definition) is 2. The molecule has 0 aromatic heterocycles. The van der Waals surface area contributed by atoms with Crippen molar-refractivity contribution in [2.24, 2.45) is 0 Å². The van der Waals surface area contributed by atoms with Gasteiger partial charge in [-0.05, 0) is 74.4 Å². The van der Waals surface area contributed by atoms with E-state index in [-0.39, 0.29) is 0 Å². The Balaban J connectivity index is 1.45. The highest BCUT2D eigenvalue weighted by Crippen LogP contribution is 2.20. The Kier molecular flexibility index (Phi) is 6.69. The molecule has 1 saturated heterocycles. The summed E-state index contributed by atoms with van der Waals surface area (Å²) in [5.74, 6) is -1.24. The van der Waals surface area contributed by atoms with Crippen molar-refractivity contribution >= 4 is 23.2 Å². The van der Waals surface area contributed by atoms with Gasteiger partial charge in [0, 0.05) is 31.0 Å². The van der Waals surface area contributed by atoms with Crippen molar-refractivity contribution in [3.63, 3.8) is 0 Å². The third-order valence-electron chi connectivity index (χ3n) is 5.42. The molecule has 1 aliphatic rings. The number of nitrogens with one attached hydrogen (secondary N) is 2. The minimum atomic E-state index is -0.630. The summed E-state index contributed by atoms with van der Waals surface area (Å²) in [5.41, 5.74) is 5.13. The predicted molar refractivity (Wildman–Crippen MR) is 114 cm³/mol. The van der Waals surface area contributed by atoms with Crippen LogP contribution in [0.4, 0.5) is 11.4 Å². The number of amides is 2. The van der Waals surface area contributed by atoms with E-state index >= 15 is 0 Å². The molecular formula is C23H29N3O2. The monoisotopic (exact) mass is 379 g/mol. The molecule has 1 heterocycles. The van der Waals surface area contributed by atoms with Gasteiger partial charge in [-0.3, -0.25) is 9.59 Å². The number of rotatable bonds is 5. The molecule has 3 rings (SSSR count). The van der Waals surface area contributed by atoms with Crippen molar-refractivity contribution < 1.29 is 9.59 Å². The molecule has 1 aliphatic heterocycles. The van der Waals surface area contributed by atoms with Crippen LogP contribution in [0, 0.1) is 13.8 Å². The Labute approximate surface area is 167 Å². The van der Waals surface area contributed by atoms with Crippen LogP contribution in [-0.2, 0) is 16.0 Å². The largest absolute Gasteiger partial charge is 0.372 e. The molecule has 148 valence electrons. The van der Waals surface area contributed by atoms with Gasteiger partial charge in [0.1, 0.15) is 0 Å². The average molecular weight is 380 g/mol. The summed E-state index contributed by atoms with van der Waals surface area (Å²) in [4.78, 5) is 26.6. The fourth-order valence-corrected chi connectivity index (χ4v) is 3.49. The van der Waals surface area contributed by atoms with E-state index in [1.807, 2.05) is 26.0 Å². The van der Waals surface area contributed by atoms with Crippen LogP contribution < -0.4 is 15.5 Å². The highest BCUT2D eigenvalue weighted by molar-refractivity contribution is 6.39. The number of piperidine rings is 1. The second kappa shape index (κ2) is 9.40. The summed E-state index contributed by atoms with van der Waals surface area (Å²) in [6.07, 6.45) is 4.55. The predicted octanol–water partition coefficient (Wildman–Crippen LogP) is 3.59. The van der Waals surface area contributed by atoms with Gasteiger partial charge >= 0.3 is 11.8 Å². The molecule has 0 spiro atoms. The van der Waals surface area contributed by atoms with E-state index in [0.29, 0.717) is 18.7 Å². The van der Waals surface area contributed by atoms with E-state index < -0.39 is 11.8 Å². The van der Waals surface area contributed by atoms with E-state index in [2.05, 4.69) is 39.8 Å². The molecule has 2 aromatic rings. The maximum Gasteiger partial charge on any atom is 0.313 e. The van der Waals surface area contributed by atoms with Gasteiger partial charge in [0.25, 0.3) is 0 Å². The van der Waals surface area contributed by atoms with E-state index in [1.54, 1.807) is 6.07 Å². The van der Waals surface area contributed by atoms with E-state index in [1.165, 1.54) is 24.9 Å². The first-order valence-corrected chi connectivity index (χ1v) is 10.0. The third kappa shape index (κ3) is 5.12. The van der Waals surface area contributed by atoms with Gasteiger partial charge in [0.05, 0.1) is 0 Å². The zero-order chi connectivity index (χ0) is 19.9. The van der Waals surface area contributed by atoms with Crippen molar-refractivity contribution in [2.45, 2.75) is 39.5 Å². The fraction of sp³-hybridized carbons (Fsp3) is 0.391. The van der Waals surface area contributed by atoms with Crippen LogP contribution in [0.25, 0.3) is 0 Å². The maximum absolute atomic E-state index is 12.1. The summed E-state index contributed by atoms with van der Waals surface area (Å²) < 4.78 is 0. The number of carbonyl (C=O) groups excluding carboxylic acids is 2. The summed E-state index contributed by atoms with van der Waals surface area (Å²) in [5, 5.41) is 5.39. The number of carbonyl (C=O) groups is 2. The standard InChI is InChI=1S/C23H29N3O2/c1-17-7-6-8-21(18(17)2)25-23(28)22(27)24-14-13-19-9-11-20(12-10-19)26-15-4-3-5-16-26/h6-12H,3-5,13-16H2,1-2H3,(H,24,27)(H,25,28). The molecule has 1 fully saturated rings. The zero-order valence-electron chi connectivity index (χ0n) is 16.8. The lowest BCUT2D eigenvalue weighted by Gasteiger charge is -2.28. The minimum absolute atomic E-state index is 0.433. The summed E-state index contributed by atoms with van der Waals surface area (Å²) in [7, 11) is 0. The van der Waals surface area contributed by atoms with Crippen LogP contribution in [-0.4, -0.2) is 31.4 Å². The quantitative estimate of drug-likeness (QED) is 0.781. The van der Waals surface area contributed by atoms with Gasteiger partial charge in [-0.15, -0.1) is 0 Å². The average Bonchev–Trinajstić information content (AvgIpc) is 2.72. The van der Waals surface area contributed by atoms with Crippen molar-refractivity contribution in [2.75, 3.05) is 29.9 Å². The molecule has 2 aromatic carbocycles. The molecule has 28 heavy (non-hydrogen) atoms.